The lowest BCUT2D eigenvalue weighted by Gasteiger charge is -2.09. The van der Waals surface area contributed by atoms with E-state index in [0.717, 1.165) is 16.5 Å². The van der Waals surface area contributed by atoms with Crippen LogP contribution in [0.5, 0.6) is 0 Å². The molecule has 2 aromatic rings. The van der Waals surface area contributed by atoms with E-state index in [4.69, 9.17) is 11.6 Å². The number of rotatable bonds is 2. The van der Waals surface area contributed by atoms with E-state index in [1.165, 1.54) is 0 Å². The van der Waals surface area contributed by atoms with Crippen molar-refractivity contribution in [2.45, 2.75) is 12.0 Å². The zero-order chi connectivity index (χ0) is 10.8. The highest BCUT2D eigenvalue weighted by molar-refractivity contribution is 9.08. The van der Waals surface area contributed by atoms with Gasteiger partial charge in [-0.25, -0.2) is 9.37 Å². The zero-order valence-electron chi connectivity index (χ0n) is 7.80. The fourth-order valence-corrected chi connectivity index (χ4v) is 2.61. The fourth-order valence-electron chi connectivity index (χ4n) is 1.58. The minimum atomic E-state index is -0.524. The molecule has 78 valence electrons. The largest absolute Gasteiger partial charge is 0.246 e. The van der Waals surface area contributed by atoms with Gasteiger partial charge in [0.05, 0.1) is 5.52 Å². The van der Waals surface area contributed by atoms with Crippen LogP contribution in [0.4, 0.5) is 4.39 Å². The molecule has 1 heterocycles. The first-order chi connectivity index (χ1) is 7.27. The molecule has 0 fully saturated rings. The van der Waals surface area contributed by atoms with Crippen LogP contribution in [0, 0.1) is 0 Å². The van der Waals surface area contributed by atoms with Gasteiger partial charge in [0.15, 0.2) is 0 Å². The minimum absolute atomic E-state index is 0.373. The molecule has 0 atom stereocenters. The molecule has 1 aromatic heterocycles. The third-order valence-corrected chi connectivity index (χ3v) is 3.20. The molecule has 0 radical (unpaired) electrons. The van der Waals surface area contributed by atoms with Crippen LogP contribution in [0.2, 0.25) is 5.15 Å². The van der Waals surface area contributed by atoms with Gasteiger partial charge in [-0.05, 0) is 11.6 Å². The second-order valence-electron chi connectivity index (χ2n) is 3.14. The summed E-state index contributed by atoms with van der Waals surface area (Å²) in [6, 6.07) is 7.43. The van der Waals surface area contributed by atoms with Gasteiger partial charge >= 0.3 is 0 Å². The van der Waals surface area contributed by atoms with Crippen LogP contribution in [0.3, 0.4) is 0 Å². The monoisotopic (exact) mass is 287 g/mol. The molecule has 0 N–H and O–H groups in total. The Labute approximate surface area is 100 Å². The highest BCUT2D eigenvalue weighted by Gasteiger charge is 2.12. The number of para-hydroxylation sites is 1. The topological polar surface area (TPSA) is 12.9 Å². The van der Waals surface area contributed by atoms with E-state index >= 15 is 0 Å². The highest BCUT2D eigenvalue weighted by Crippen LogP contribution is 2.28. The summed E-state index contributed by atoms with van der Waals surface area (Å²) in [4.78, 5) is 4.22. The normalized spacial score (nSPS) is 10.9. The molecule has 0 saturated carbocycles. The highest BCUT2D eigenvalue weighted by atomic mass is 79.9. The maximum atomic E-state index is 13.0. The third kappa shape index (κ3) is 1.86. The van der Waals surface area contributed by atoms with Crippen molar-refractivity contribution in [1.29, 1.82) is 0 Å². The van der Waals surface area contributed by atoms with Crippen LogP contribution in [0.25, 0.3) is 10.9 Å². The van der Waals surface area contributed by atoms with Crippen molar-refractivity contribution in [2.24, 2.45) is 0 Å². The first-order valence-electron chi connectivity index (χ1n) is 4.46. The Kier molecular flexibility index (Phi) is 3.22. The molecule has 1 nitrogen and oxygen atoms in total. The Hall–Kier alpha value is -0.670. The first-order valence-corrected chi connectivity index (χ1v) is 5.95. The molecule has 15 heavy (non-hydrogen) atoms. The van der Waals surface area contributed by atoms with Crippen LogP contribution in [-0.4, -0.2) is 4.98 Å². The Bertz CT molecular complexity index is 501. The Balaban J connectivity index is 2.84. The smallest absolute Gasteiger partial charge is 0.134 e. The maximum absolute atomic E-state index is 13.0. The molecule has 2 rings (SSSR count). The minimum Gasteiger partial charge on any atom is -0.246 e. The van der Waals surface area contributed by atoms with Gasteiger partial charge < -0.3 is 0 Å². The second-order valence-corrected chi connectivity index (χ2v) is 4.06. The van der Waals surface area contributed by atoms with Gasteiger partial charge in [0.1, 0.15) is 11.8 Å². The summed E-state index contributed by atoms with van der Waals surface area (Å²) in [5.74, 6) is 0. The predicted octanol–water partition coefficient (Wildman–Crippen LogP) is 4.25. The lowest BCUT2D eigenvalue weighted by molar-refractivity contribution is 0.486. The third-order valence-electron chi connectivity index (χ3n) is 2.33. The number of benzene rings is 1. The molecule has 0 aliphatic heterocycles. The van der Waals surface area contributed by atoms with E-state index in [2.05, 4.69) is 20.9 Å². The lowest BCUT2D eigenvalue weighted by Crippen LogP contribution is -1.95. The van der Waals surface area contributed by atoms with E-state index < -0.39 is 6.67 Å². The number of fused-ring (bicyclic) bond motifs is 1. The van der Waals surface area contributed by atoms with Crippen molar-refractivity contribution >= 4 is 38.4 Å². The van der Waals surface area contributed by atoms with E-state index in [9.17, 15) is 4.39 Å². The summed E-state index contributed by atoms with van der Waals surface area (Å²) in [5.41, 5.74) is 2.10. The summed E-state index contributed by atoms with van der Waals surface area (Å²) >= 11 is 9.27. The van der Waals surface area contributed by atoms with E-state index in [-0.39, 0.29) is 0 Å². The first kappa shape index (κ1) is 10.8. The summed E-state index contributed by atoms with van der Waals surface area (Å²) in [5, 5.41) is 1.72. The summed E-state index contributed by atoms with van der Waals surface area (Å²) in [6.45, 7) is -0.524. The molecule has 1 aromatic carbocycles. The van der Waals surface area contributed by atoms with Gasteiger partial charge in [-0.15, -0.1) is 0 Å². The molecular weight excluding hydrogens is 280 g/mol. The lowest BCUT2D eigenvalue weighted by atomic mass is 10.1. The van der Waals surface area contributed by atoms with E-state index in [1.54, 1.807) is 0 Å². The molecular formula is C11H8BrClFN. The predicted molar refractivity (Wildman–Crippen MR) is 64.2 cm³/mol. The summed E-state index contributed by atoms with van der Waals surface area (Å²) in [7, 11) is 0. The summed E-state index contributed by atoms with van der Waals surface area (Å²) in [6.07, 6.45) is 0. The molecule has 0 saturated heterocycles. The van der Waals surface area contributed by atoms with Gasteiger partial charge in [0.2, 0.25) is 0 Å². The molecule has 0 spiro atoms. The average Bonchev–Trinajstić information content (AvgIpc) is 2.27. The quantitative estimate of drug-likeness (QED) is 0.594. The Morgan fingerprint density at radius 1 is 1.27 bits per heavy atom. The van der Waals surface area contributed by atoms with Gasteiger partial charge in [0, 0.05) is 16.3 Å². The van der Waals surface area contributed by atoms with Gasteiger partial charge in [0.25, 0.3) is 0 Å². The van der Waals surface area contributed by atoms with Gasteiger partial charge in [-0.1, -0.05) is 45.7 Å². The van der Waals surface area contributed by atoms with E-state index in [1.807, 2.05) is 24.3 Å². The van der Waals surface area contributed by atoms with Gasteiger partial charge in [-0.2, -0.15) is 0 Å². The number of pyridine rings is 1. The van der Waals surface area contributed by atoms with Crippen molar-refractivity contribution < 1.29 is 4.39 Å². The van der Waals surface area contributed by atoms with Crippen molar-refractivity contribution in [3.63, 3.8) is 0 Å². The molecule has 0 unspecified atom stereocenters. The summed E-state index contributed by atoms with van der Waals surface area (Å²) < 4.78 is 13.0. The van der Waals surface area contributed by atoms with Gasteiger partial charge in [-0.3, -0.25) is 0 Å². The Morgan fingerprint density at radius 2 is 2.00 bits per heavy atom. The standard InChI is InChI=1S/C11H8BrClFN/c12-5-8-9(6-14)7-3-1-2-4-10(7)15-11(8)13/h1-4H,5-6H2. The number of hydrogen-bond donors (Lipinski definition) is 0. The Morgan fingerprint density at radius 3 is 2.67 bits per heavy atom. The van der Waals surface area contributed by atoms with Crippen molar-refractivity contribution in [3.05, 3.63) is 40.5 Å². The number of hydrogen-bond acceptors (Lipinski definition) is 1. The molecule has 0 aliphatic carbocycles. The van der Waals surface area contributed by atoms with Crippen LogP contribution in [-0.2, 0) is 12.0 Å². The average molecular weight is 289 g/mol. The van der Waals surface area contributed by atoms with Crippen molar-refractivity contribution in [3.8, 4) is 0 Å². The molecule has 0 aliphatic rings. The van der Waals surface area contributed by atoms with Crippen LogP contribution < -0.4 is 0 Å². The fraction of sp³-hybridized carbons (Fsp3) is 0.182. The van der Waals surface area contributed by atoms with Crippen molar-refractivity contribution in [1.82, 2.24) is 4.98 Å². The van der Waals surface area contributed by atoms with E-state index in [0.29, 0.717) is 16.0 Å². The SMILES string of the molecule is FCc1c(CBr)c(Cl)nc2ccccc12. The zero-order valence-corrected chi connectivity index (χ0v) is 10.1. The maximum Gasteiger partial charge on any atom is 0.134 e. The molecule has 0 amide bonds. The van der Waals surface area contributed by atoms with Crippen molar-refractivity contribution in [2.75, 3.05) is 0 Å². The second kappa shape index (κ2) is 4.45. The number of nitrogens with zero attached hydrogens (tertiary/aromatic N) is 1. The number of aromatic nitrogens is 1. The van der Waals surface area contributed by atoms with Crippen LogP contribution in [0.15, 0.2) is 24.3 Å². The number of halogens is 3. The van der Waals surface area contributed by atoms with Crippen LogP contribution >= 0.6 is 27.5 Å². The molecule has 4 heteroatoms. The number of alkyl halides is 2. The van der Waals surface area contributed by atoms with Crippen LogP contribution in [0.1, 0.15) is 11.1 Å². The molecule has 0 bridgehead atoms.